The molecule has 0 amide bonds. The Balaban J connectivity index is 1.63. The van der Waals surface area contributed by atoms with Gasteiger partial charge in [-0.15, -0.1) is 0 Å². The van der Waals surface area contributed by atoms with Crippen molar-refractivity contribution in [2.75, 3.05) is 0 Å². The molecule has 0 radical (unpaired) electrons. The topological polar surface area (TPSA) is 17.1 Å². The van der Waals surface area contributed by atoms with Gasteiger partial charge in [-0.1, -0.05) is 25.8 Å². The van der Waals surface area contributed by atoms with Gasteiger partial charge in [0.25, 0.3) is 0 Å². The average molecular weight is 286 g/mol. The van der Waals surface area contributed by atoms with Crippen LogP contribution < -0.4 is 0 Å². The van der Waals surface area contributed by atoms with E-state index in [0.29, 0.717) is 11.2 Å². The summed E-state index contributed by atoms with van der Waals surface area (Å²) in [6.07, 6.45) is 14.0. The zero-order valence-corrected chi connectivity index (χ0v) is 13.7. The molecule has 0 bridgehead atoms. The van der Waals surface area contributed by atoms with Gasteiger partial charge in [-0.3, -0.25) is 4.79 Å². The predicted molar refractivity (Wildman–Crippen MR) is 85.9 cm³/mol. The minimum Gasteiger partial charge on any atom is -0.295 e. The second kappa shape index (κ2) is 4.96. The van der Waals surface area contributed by atoms with Crippen LogP contribution in [0.25, 0.3) is 0 Å². The SMILES string of the molecule is CC(C)[C@@]12CCC[C@H]1[C@@H]1CCC3=CC(=O)CC[C@@H]3[C@H]1CC2. The molecule has 0 saturated heterocycles. The molecule has 1 heteroatoms. The Kier molecular flexibility index (Phi) is 3.32. The van der Waals surface area contributed by atoms with Crippen molar-refractivity contribution in [3.8, 4) is 0 Å². The number of hydrogen-bond acceptors (Lipinski definition) is 1. The van der Waals surface area contributed by atoms with Gasteiger partial charge in [-0.2, -0.15) is 0 Å². The number of carbonyl (C=O) groups excluding carboxylic acids is 1. The van der Waals surface area contributed by atoms with Gasteiger partial charge in [0.2, 0.25) is 0 Å². The van der Waals surface area contributed by atoms with Crippen LogP contribution in [0, 0.1) is 35.0 Å². The highest BCUT2D eigenvalue weighted by atomic mass is 16.1. The van der Waals surface area contributed by atoms with Crippen LogP contribution in [0.4, 0.5) is 0 Å². The normalized spacial score (nSPS) is 45.9. The summed E-state index contributed by atoms with van der Waals surface area (Å²) in [4.78, 5) is 11.7. The Morgan fingerprint density at radius 1 is 1.05 bits per heavy atom. The van der Waals surface area contributed by atoms with Gasteiger partial charge in [-0.25, -0.2) is 0 Å². The van der Waals surface area contributed by atoms with Crippen molar-refractivity contribution in [2.45, 2.75) is 71.6 Å². The fraction of sp³-hybridized carbons (Fsp3) is 0.850. The molecule has 3 saturated carbocycles. The summed E-state index contributed by atoms with van der Waals surface area (Å²) in [5.41, 5.74) is 2.20. The maximum atomic E-state index is 11.7. The molecule has 0 aromatic carbocycles. The summed E-state index contributed by atoms with van der Waals surface area (Å²) in [6, 6.07) is 0. The van der Waals surface area contributed by atoms with E-state index < -0.39 is 0 Å². The van der Waals surface area contributed by atoms with Crippen LogP contribution in [-0.2, 0) is 4.79 Å². The van der Waals surface area contributed by atoms with E-state index in [1.165, 1.54) is 50.5 Å². The van der Waals surface area contributed by atoms with Gasteiger partial charge in [0.15, 0.2) is 5.78 Å². The van der Waals surface area contributed by atoms with E-state index in [9.17, 15) is 4.79 Å². The quantitative estimate of drug-likeness (QED) is 0.651. The van der Waals surface area contributed by atoms with Gasteiger partial charge >= 0.3 is 0 Å². The molecule has 0 spiro atoms. The second-order valence-electron chi connectivity index (χ2n) is 8.62. The Labute approximate surface area is 129 Å². The average Bonchev–Trinajstić information content (AvgIpc) is 2.92. The molecule has 0 aliphatic heterocycles. The molecule has 4 rings (SSSR count). The lowest BCUT2D eigenvalue weighted by atomic mass is 9.50. The smallest absolute Gasteiger partial charge is 0.155 e. The highest BCUT2D eigenvalue weighted by Gasteiger charge is 2.55. The first-order valence-electron chi connectivity index (χ1n) is 9.35. The minimum absolute atomic E-state index is 0.396. The highest BCUT2D eigenvalue weighted by Crippen LogP contribution is 2.64. The van der Waals surface area contributed by atoms with E-state index in [-0.39, 0.29) is 0 Å². The molecule has 0 unspecified atom stereocenters. The summed E-state index contributed by atoms with van der Waals surface area (Å²) < 4.78 is 0. The maximum absolute atomic E-state index is 11.7. The monoisotopic (exact) mass is 286 g/mol. The fourth-order valence-corrected chi connectivity index (χ4v) is 6.89. The van der Waals surface area contributed by atoms with Crippen LogP contribution in [0.1, 0.15) is 71.6 Å². The highest BCUT2D eigenvalue weighted by molar-refractivity contribution is 5.91. The number of ketones is 1. The number of hydrogen-bond donors (Lipinski definition) is 0. The molecular weight excluding hydrogens is 256 g/mol. The molecule has 0 aromatic heterocycles. The van der Waals surface area contributed by atoms with Crippen molar-refractivity contribution in [3.05, 3.63) is 11.6 Å². The van der Waals surface area contributed by atoms with Crippen molar-refractivity contribution >= 4 is 5.78 Å². The maximum Gasteiger partial charge on any atom is 0.155 e. The Hall–Kier alpha value is -0.590. The van der Waals surface area contributed by atoms with Crippen LogP contribution in [0.15, 0.2) is 11.6 Å². The summed E-state index contributed by atoms with van der Waals surface area (Å²) in [6.45, 7) is 4.96. The lowest BCUT2D eigenvalue weighted by Crippen LogP contribution is -2.47. The number of rotatable bonds is 1. The van der Waals surface area contributed by atoms with Gasteiger partial charge in [0.1, 0.15) is 0 Å². The molecule has 4 aliphatic rings. The van der Waals surface area contributed by atoms with E-state index in [4.69, 9.17) is 0 Å². The lowest BCUT2D eigenvalue weighted by molar-refractivity contribution is -0.116. The van der Waals surface area contributed by atoms with Crippen molar-refractivity contribution in [1.82, 2.24) is 0 Å². The van der Waals surface area contributed by atoms with Gasteiger partial charge in [-0.05, 0) is 86.0 Å². The minimum atomic E-state index is 0.396. The van der Waals surface area contributed by atoms with Crippen LogP contribution in [0.2, 0.25) is 0 Å². The largest absolute Gasteiger partial charge is 0.295 e. The summed E-state index contributed by atoms with van der Waals surface area (Å²) in [5.74, 6) is 4.90. The molecule has 0 N–H and O–H groups in total. The standard InChI is InChI=1S/C20H30O/c1-13(2)20-10-3-4-19(20)18-7-5-14-12-15(21)6-8-16(14)17(18)9-11-20/h12-13,16-19H,3-11H2,1-2H3/t16-,17+,18+,19-,20-/m0/s1. The molecule has 116 valence electrons. The third-order valence-corrected chi connectivity index (χ3v) is 7.86. The Morgan fingerprint density at radius 3 is 2.71 bits per heavy atom. The number of allylic oxidation sites excluding steroid dienone is 1. The van der Waals surface area contributed by atoms with Gasteiger partial charge in [0, 0.05) is 6.42 Å². The second-order valence-corrected chi connectivity index (χ2v) is 8.62. The van der Waals surface area contributed by atoms with Crippen LogP contribution in [-0.4, -0.2) is 5.78 Å². The van der Waals surface area contributed by atoms with Crippen molar-refractivity contribution < 1.29 is 4.79 Å². The predicted octanol–water partition coefficient (Wildman–Crippen LogP) is 5.15. The summed E-state index contributed by atoms with van der Waals surface area (Å²) in [7, 11) is 0. The van der Waals surface area contributed by atoms with E-state index in [1.54, 1.807) is 0 Å². The first kappa shape index (κ1) is 14.0. The number of carbonyl (C=O) groups is 1. The van der Waals surface area contributed by atoms with Crippen LogP contribution in [0.3, 0.4) is 0 Å². The molecule has 5 atom stereocenters. The Morgan fingerprint density at radius 2 is 1.90 bits per heavy atom. The van der Waals surface area contributed by atoms with Crippen LogP contribution in [0.5, 0.6) is 0 Å². The third-order valence-electron chi connectivity index (χ3n) is 7.86. The van der Waals surface area contributed by atoms with Crippen molar-refractivity contribution in [2.24, 2.45) is 35.0 Å². The molecular formula is C20H30O. The van der Waals surface area contributed by atoms with E-state index in [2.05, 4.69) is 13.8 Å². The van der Waals surface area contributed by atoms with Gasteiger partial charge < -0.3 is 0 Å². The Bertz CT molecular complexity index is 474. The summed E-state index contributed by atoms with van der Waals surface area (Å²) in [5, 5.41) is 0. The first-order chi connectivity index (χ1) is 10.1. The first-order valence-corrected chi connectivity index (χ1v) is 9.35. The molecule has 3 fully saturated rings. The molecule has 21 heavy (non-hydrogen) atoms. The summed E-state index contributed by atoms with van der Waals surface area (Å²) >= 11 is 0. The van der Waals surface area contributed by atoms with Gasteiger partial charge in [0.05, 0.1) is 0 Å². The van der Waals surface area contributed by atoms with Crippen LogP contribution >= 0.6 is 0 Å². The van der Waals surface area contributed by atoms with Crippen molar-refractivity contribution in [1.29, 1.82) is 0 Å². The molecule has 1 nitrogen and oxygen atoms in total. The molecule has 4 aliphatic carbocycles. The third kappa shape index (κ3) is 1.99. The molecule has 0 aromatic rings. The van der Waals surface area contributed by atoms with E-state index >= 15 is 0 Å². The lowest BCUT2D eigenvalue weighted by Gasteiger charge is -2.55. The fourth-order valence-electron chi connectivity index (χ4n) is 6.89. The zero-order chi connectivity index (χ0) is 14.6. The van der Waals surface area contributed by atoms with E-state index in [0.717, 1.165) is 42.4 Å². The molecule has 0 heterocycles. The zero-order valence-electron chi connectivity index (χ0n) is 13.7. The number of fused-ring (bicyclic) bond motifs is 5. The van der Waals surface area contributed by atoms with E-state index in [1.807, 2.05) is 6.08 Å². The van der Waals surface area contributed by atoms with Crippen molar-refractivity contribution in [3.63, 3.8) is 0 Å².